The maximum absolute atomic E-state index is 13.8. The van der Waals surface area contributed by atoms with Gasteiger partial charge in [0, 0.05) is 18.7 Å². The van der Waals surface area contributed by atoms with Gasteiger partial charge in [0.1, 0.15) is 11.2 Å². The minimum Gasteiger partial charge on any atom is -0.481 e. The quantitative estimate of drug-likeness (QED) is 0.340. The number of fused-ring (bicyclic) bond motifs is 1. The van der Waals surface area contributed by atoms with Crippen molar-refractivity contribution in [2.45, 2.75) is 111 Å². The highest BCUT2D eigenvalue weighted by Crippen LogP contribution is 2.35. The van der Waals surface area contributed by atoms with Crippen LogP contribution in [0.1, 0.15) is 87.1 Å². The predicted molar refractivity (Wildman–Crippen MR) is 155 cm³/mol. The molecule has 0 bridgehead atoms. The highest BCUT2D eigenvalue weighted by molar-refractivity contribution is 5.96. The van der Waals surface area contributed by atoms with Crippen molar-refractivity contribution in [1.82, 2.24) is 5.32 Å². The Bertz CT molecular complexity index is 1100. The van der Waals surface area contributed by atoms with E-state index in [0.29, 0.717) is 6.42 Å². The van der Waals surface area contributed by atoms with Crippen molar-refractivity contribution < 1.29 is 38.9 Å². The molecule has 0 aromatic heterocycles. The van der Waals surface area contributed by atoms with Crippen LogP contribution in [0.15, 0.2) is 24.3 Å². The summed E-state index contributed by atoms with van der Waals surface area (Å²) in [4.78, 5) is 52.4. The van der Waals surface area contributed by atoms with Gasteiger partial charge in [-0.1, -0.05) is 39.0 Å². The van der Waals surface area contributed by atoms with E-state index in [9.17, 15) is 29.4 Å². The van der Waals surface area contributed by atoms with E-state index in [1.54, 1.807) is 46.4 Å². The number of alkyl carbamates (subject to hydrolysis) is 1. The fourth-order valence-electron chi connectivity index (χ4n) is 4.92. The normalized spacial score (nSPS) is 18.0. The topological polar surface area (TPSA) is 142 Å². The van der Waals surface area contributed by atoms with Gasteiger partial charge in [-0.2, -0.15) is 0 Å². The molecule has 1 aromatic carbocycles. The number of rotatable bonds is 10. The second kappa shape index (κ2) is 13.2. The van der Waals surface area contributed by atoms with E-state index in [2.05, 4.69) is 5.32 Å². The van der Waals surface area contributed by atoms with Gasteiger partial charge < -0.3 is 29.9 Å². The van der Waals surface area contributed by atoms with Crippen LogP contribution in [0.25, 0.3) is 0 Å². The first-order valence-corrected chi connectivity index (χ1v) is 14.2. The number of benzene rings is 1. The van der Waals surface area contributed by atoms with E-state index < -0.39 is 52.7 Å². The number of nitrogens with one attached hydrogen (secondary N) is 1. The van der Waals surface area contributed by atoms with E-state index in [1.807, 2.05) is 38.1 Å². The zero-order valence-corrected chi connectivity index (χ0v) is 25.9. The first-order chi connectivity index (χ1) is 18.7. The number of anilines is 1. The third-order valence-electron chi connectivity index (χ3n) is 6.78. The average molecular weight is 577 g/mol. The largest absolute Gasteiger partial charge is 0.481 e. The van der Waals surface area contributed by atoms with Crippen LogP contribution in [-0.4, -0.2) is 64.0 Å². The Labute approximate surface area is 243 Å². The van der Waals surface area contributed by atoms with Gasteiger partial charge >= 0.3 is 18.0 Å². The fourth-order valence-corrected chi connectivity index (χ4v) is 4.92. The molecule has 0 aliphatic carbocycles. The van der Waals surface area contributed by atoms with Crippen molar-refractivity contribution in [2.75, 3.05) is 11.4 Å². The zero-order chi connectivity index (χ0) is 31.3. The number of carbonyl (C=O) groups is 4. The number of hydrogen-bond donors (Lipinski definition) is 3. The summed E-state index contributed by atoms with van der Waals surface area (Å²) in [5.41, 5.74) is -0.529. The summed E-state index contributed by atoms with van der Waals surface area (Å²) in [5.74, 6) is -2.98. The summed E-state index contributed by atoms with van der Waals surface area (Å²) in [6.07, 6.45) is -1.32. The minimum atomic E-state index is -1.18. The van der Waals surface area contributed by atoms with E-state index in [4.69, 9.17) is 9.47 Å². The van der Waals surface area contributed by atoms with Gasteiger partial charge in [0.25, 0.3) is 0 Å². The molecule has 0 radical (unpaired) electrons. The van der Waals surface area contributed by atoms with Gasteiger partial charge in [0.15, 0.2) is 0 Å². The molecule has 3 N–H and O–H groups in total. The SMILES string of the molecule is C[C@H](C[C@H](O)[C@H](CC(C)(C)CC(=O)N1C[C@H](C(=O)OC(C)(C)C)Cc2ccccc21)NC(=O)OC(C)(C)C)C(=O)O. The van der Waals surface area contributed by atoms with E-state index in [0.717, 1.165) is 11.3 Å². The maximum atomic E-state index is 13.8. The lowest BCUT2D eigenvalue weighted by Crippen LogP contribution is -2.49. The molecule has 0 spiro atoms. The average Bonchev–Trinajstić information content (AvgIpc) is 2.79. The van der Waals surface area contributed by atoms with Crippen LogP contribution in [0.4, 0.5) is 10.5 Å². The van der Waals surface area contributed by atoms with Gasteiger partial charge in [-0.05, 0) is 77.8 Å². The summed E-state index contributed by atoms with van der Waals surface area (Å²) in [5, 5.41) is 23.0. The number of amides is 2. The molecule has 0 saturated carbocycles. The number of para-hydroxylation sites is 1. The van der Waals surface area contributed by atoms with Crippen molar-refractivity contribution in [3.63, 3.8) is 0 Å². The lowest BCUT2D eigenvalue weighted by Gasteiger charge is -2.38. The Kier molecular flexibility index (Phi) is 11.0. The molecule has 1 aromatic rings. The van der Waals surface area contributed by atoms with E-state index >= 15 is 0 Å². The maximum Gasteiger partial charge on any atom is 0.407 e. The van der Waals surface area contributed by atoms with Crippen LogP contribution in [-0.2, 0) is 30.3 Å². The number of aliphatic carboxylic acids is 1. The molecule has 230 valence electrons. The molecular weight excluding hydrogens is 528 g/mol. The van der Waals surface area contributed by atoms with Crippen LogP contribution in [0.3, 0.4) is 0 Å². The Balaban J connectivity index is 2.26. The number of carboxylic acids is 1. The predicted octanol–water partition coefficient (Wildman–Crippen LogP) is 4.71. The highest BCUT2D eigenvalue weighted by Gasteiger charge is 2.38. The lowest BCUT2D eigenvalue weighted by molar-refractivity contribution is -0.159. The molecule has 0 fully saturated rings. The van der Waals surface area contributed by atoms with Crippen molar-refractivity contribution in [2.24, 2.45) is 17.3 Å². The number of esters is 1. The number of nitrogens with zero attached hydrogens (tertiary/aromatic N) is 1. The molecule has 10 nitrogen and oxygen atoms in total. The van der Waals surface area contributed by atoms with Crippen LogP contribution in [0, 0.1) is 17.3 Å². The summed E-state index contributed by atoms with van der Waals surface area (Å²) in [7, 11) is 0. The molecule has 41 heavy (non-hydrogen) atoms. The molecule has 1 heterocycles. The number of carbonyl (C=O) groups excluding carboxylic acids is 3. The van der Waals surface area contributed by atoms with E-state index in [1.165, 1.54) is 6.92 Å². The van der Waals surface area contributed by atoms with Gasteiger partial charge in [0.2, 0.25) is 5.91 Å². The molecule has 4 atom stereocenters. The third-order valence-corrected chi connectivity index (χ3v) is 6.78. The summed E-state index contributed by atoms with van der Waals surface area (Å²) >= 11 is 0. The zero-order valence-electron chi connectivity index (χ0n) is 25.9. The van der Waals surface area contributed by atoms with Gasteiger partial charge in [-0.25, -0.2) is 4.79 Å². The first kappa shape index (κ1) is 34.1. The monoisotopic (exact) mass is 576 g/mol. The Hall–Kier alpha value is -3.14. The molecule has 0 saturated heterocycles. The third kappa shape index (κ3) is 11.0. The number of carboxylic acid groups (broad SMARTS) is 1. The highest BCUT2D eigenvalue weighted by atomic mass is 16.6. The molecule has 2 rings (SSSR count). The standard InChI is InChI=1S/C31H48N2O8/c1-19(26(36)37)14-24(34)22(32-28(39)41-30(5,6)7)16-31(8,9)17-25(35)33-18-21(27(38)40-29(2,3)4)15-20-12-10-11-13-23(20)33/h10-13,19,21-22,24,34H,14-18H2,1-9H3,(H,32,39)(H,36,37)/t19-,21-,22+,24+/m1/s1. The minimum absolute atomic E-state index is 0.0517. The van der Waals surface area contributed by atoms with Crippen LogP contribution in [0.5, 0.6) is 0 Å². The summed E-state index contributed by atoms with van der Waals surface area (Å²) < 4.78 is 11.0. The van der Waals surface area contributed by atoms with Crippen molar-refractivity contribution in [1.29, 1.82) is 0 Å². The smallest absolute Gasteiger partial charge is 0.407 e. The van der Waals surface area contributed by atoms with Crippen molar-refractivity contribution in [3.8, 4) is 0 Å². The number of hydrogen-bond acceptors (Lipinski definition) is 7. The van der Waals surface area contributed by atoms with Gasteiger partial charge in [-0.3, -0.25) is 14.4 Å². The Morgan fingerprint density at radius 1 is 1.00 bits per heavy atom. The Morgan fingerprint density at radius 2 is 1.59 bits per heavy atom. The van der Waals surface area contributed by atoms with Crippen LogP contribution >= 0.6 is 0 Å². The number of ether oxygens (including phenoxy) is 2. The Morgan fingerprint density at radius 3 is 2.15 bits per heavy atom. The summed E-state index contributed by atoms with van der Waals surface area (Å²) in [6, 6.07) is 6.61. The fraction of sp³-hybridized carbons (Fsp3) is 0.677. The number of aliphatic hydroxyl groups is 1. The molecule has 2 amide bonds. The van der Waals surface area contributed by atoms with Crippen molar-refractivity contribution >= 4 is 29.6 Å². The van der Waals surface area contributed by atoms with Crippen LogP contribution < -0.4 is 10.2 Å². The van der Waals surface area contributed by atoms with Gasteiger partial charge in [0.05, 0.1) is 24.0 Å². The number of aliphatic hydroxyl groups excluding tert-OH is 1. The molecule has 0 unspecified atom stereocenters. The summed E-state index contributed by atoms with van der Waals surface area (Å²) in [6.45, 7) is 15.9. The molecule has 10 heteroatoms. The van der Waals surface area contributed by atoms with Crippen molar-refractivity contribution in [3.05, 3.63) is 29.8 Å². The molecule has 1 aliphatic rings. The van der Waals surface area contributed by atoms with E-state index in [-0.39, 0.29) is 37.7 Å². The lowest BCUT2D eigenvalue weighted by atomic mass is 9.79. The second-order valence-corrected chi connectivity index (χ2v) is 13.9. The first-order valence-electron chi connectivity index (χ1n) is 14.2. The second-order valence-electron chi connectivity index (χ2n) is 13.9. The van der Waals surface area contributed by atoms with Gasteiger partial charge in [-0.15, -0.1) is 0 Å². The molecule has 1 aliphatic heterocycles. The molecular formula is C31H48N2O8. The van der Waals surface area contributed by atoms with Crippen LogP contribution in [0.2, 0.25) is 0 Å².